The standard InChI is InChI=1S/C13H24N2O4S/c1-4-13(5-2)12(17)15(10-11(16)14-13)8-7-9-20(18,19)6-3/h4-10H2,1-3H3,(H,14,16). The van der Waals surface area contributed by atoms with Gasteiger partial charge in [-0.15, -0.1) is 0 Å². The van der Waals surface area contributed by atoms with Crippen molar-refractivity contribution in [3.8, 4) is 0 Å². The van der Waals surface area contributed by atoms with E-state index in [4.69, 9.17) is 0 Å². The van der Waals surface area contributed by atoms with Crippen LogP contribution in [-0.4, -0.2) is 55.3 Å². The summed E-state index contributed by atoms with van der Waals surface area (Å²) in [6.07, 6.45) is 1.45. The van der Waals surface area contributed by atoms with Crippen LogP contribution in [0.1, 0.15) is 40.0 Å². The number of nitrogens with zero attached hydrogens (tertiary/aromatic N) is 1. The Bertz CT molecular complexity index is 469. The molecule has 1 aliphatic rings. The molecule has 0 unspecified atom stereocenters. The highest BCUT2D eigenvalue weighted by atomic mass is 32.2. The van der Waals surface area contributed by atoms with E-state index < -0.39 is 15.4 Å². The van der Waals surface area contributed by atoms with Gasteiger partial charge in [0.05, 0.1) is 12.3 Å². The maximum absolute atomic E-state index is 12.4. The number of sulfone groups is 1. The van der Waals surface area contributed by atoms with Gasteiger partial charge in [-0.05, 0) is 19.3 Å². The summed E-state index contributed by atoms with van der Waals surface area (Å²) in [4.78, 5) is 25.7. The Morgan fingerprint density at radius 2 is 1.80 bits per heavy atom. The van der Waals surface area contributed by atoms with Crippen molar-refractivity contribution in [3.05, 3.63) is 0 Å². The van der Waals surface area contributed by atoms with Gasteiger partial charge in [0.1, 0.15) is 15.4 Å². The van der Waals surface area contributed by atoms with Gasteiger partial charge in [-0.3, -0.25) is 9.59 Å². The van der Waals surface area contributed by atoms with Gasteiger partial charge in [0.25, 0.3) is 0 Å². The van der Waals surface area contributed by atoms with Crippen molar-refractivity contribution in [2.75, 3.05) is 24.6 Å². The zero-order valence-electron chi connectivity index (χ0n) is 12.4. The second-order valence-electron chi connectivity index (χ2n) is 5.15. The molecule has 0 saturated carbocycles. The lowest BCUT2D eigenvalue weighted by Gasteiger charge is -2.41. The third-order valence-corrected chi connectivity index (χ3v) is 5.73. The van der Waals surface area contributed by atoms with Crippen molar-refractivity contribution in [2.24, 2.45) is 0 Å². The third kappa shape index (κ3) is 3.71. The molecule has 1 rings (SSSR count). The molecule has 1 aliphatic heterocycles. The summed E-state index contributed by atoms with van der Waals surface area (Å²) >= 11 is 0. The topological polar surface area (TPSA) is 83.6 Å². The van der Waals surface area contributed by atoms with Crippen LogP contribution < -0.4 is 5.32 Å². The van der Waals surface area contributed by atoms with Gasteiger partial charge in [-0.25, -0.2) is 8.42 Å². The van der Waals surface area contributed by atoms with Gasteiger partial charge in [0.2, 0.25) is 11.8 Å². The molecule has 0 aromatic heterocycles. The van der Waals surface area contributed by atoms with E-state index in [1.54, 1.807) is 6.92 Å². The number of hydrogen-bond acceptors (Lipinski definition) is 4. The molecule has 0 aromatic carbocycles. The monoisotopic (exact) mass is 304 g/mol. The number of hydrogen-bond donors (Lipinski definition) is 1. The first-order valence-electron chi connectivity index (χ1n) is 7.11. The average Bonchev–Trinajstić information content (AvgIpc) is 2.42. The number of rotatable bonds is 7. The maximum atomic E-state index is 12.4. The van der Waals surface area contributed by atoms with Crippen LogP contribution in [0.4, 0.5) is 0 Å². The third-order valence-electron chi connectivity index (χ3n) is 3.94. The molecule has 20 heavy (non-hydrogen) atoms. The molecule has 116 valence electrons. The Morgan fingerprint density at radius 3 is 2.30 bits per heavy atom. The van der Waals surface area contributed by atoms with E-state index in [1.165, 1.54) is 4.90 Å². The van der Waals surface area contributed by atoms with Crippen LogP contribution in [0.15, 0.2) is 0 Å². The van der Waals surface area contributed by atoms with E-state index in [-0.39, 0.29) is 29.9 Å². The number of piperazine rings is 1. The molecule has 2 amide bonds. The molecular weight excluding hydrogens is 280 g/mol. The van der Waals surface area contributed by atoms with Crippen LogP contribution in [0.5, 0.6) is 0 Å². The van der Waals surface area contributed by atoms with Crippen LogP contribution in [0.3, 0.4) is 0 Å². The molecule has 0 spiro atoms. The second kappa shape index (κ2) is 6.56. The lowest BCUT2D eigenvalue weighted by atomic mass is 9.89. The van der Waals surface area contributed by atoms with Crippen LogP contribution in [0.2, 0.25) is 0 Å². The number of carbonyl (C=O) groups is 2. The molecule has 1 heterocycles. The first kappa shape index (κ1) is 16.9. The van der Waals surface area contributed by atoms with Gasteiger partial charge in [-0.2, -0.15) is 0 Å². The van der Waals surface area contributed by atoms with E-state index in [1.807, 2.05) is 13.8 Å². The molecule has 7 heteroatoms. The zero-order chi connectivity index (χ0) is 15.4. The lowest BCUT2D eigenvalue weighted by molar-refractivity contribution is -0.150. The van der Waals surface area contributed by atoms with E-state index in [0.29, 0.717) is 25.8 Å². The molecule has 0 bridgehead atoms. The van der Waals surface area contributed by atoms with Crippen molar-refractivity contribution in [1.82, 2.24) is 10.2 Å². The Morgan fingerprint density at radius 1 is 1.20 bits per heavy atom. The minimum absolute atomic E-state index is 0.0206. The summed E-state index contributed by atoms with van der Waals surface area (Å²) < 4.78 is 22.9. The molecule has 0 aromatic rings. The Labute approximate surface area is 120 Å². The molecule has 1 fully saturated rings. The highest BCUT2D eigenvalue weighted by Gasteiger charge is 2.43. The quantitative estimate of drug-likeness (QED) is 0.734. The minimum atomic E-state index is -3.03. The second-order valence-corrected chi connectivity index (χ2v) is 7.63. The molecule has 6 nitrogen and oxygen atoms in total. The van der Waals surface area contributed by atoms with Crippen molar-refractivity contribution in [3.63, 3.8) is 0 Å². The zero-order valence-corrected chi connectivity index (χ0v) is 13.3. The fourth-order valence-corrected chi connectivity index (χ4v) is 3.29. The van der Waals surface area contributed by atoms with E-state index in [9.17, 15) is 18.0 Å². The van der Waals surface area contributed by atoms with Crippen LogP contribution in [0, 0.1) is 0 Å². The highest BCUT2D eigenvalue weighted by molar-refractivity contribution is 7.91. The number of carbonyl (C=O) groups excluding carboxylic acids is 2. The van der Waals surface area contributed by atoms with E-state index >= 15 is 0 Å². The highest BCUT2D eigenvalue weighted by Crippen LogP contribution is 2.22. The molecule has 1 N–H and O–H groups in total. The first-order valence-corrected chi connectivity index (χ1v) is 8.93. The number of nitrogens with one attached hydrogen (secondary N) is 1. The summed E-state index contributed by atoms with van der Waals surface area (Å²) in [7, 11) is -3.03. The summed E-state index contributed by atoms with van der Waals surface area (Å²) in [5, 5.41) is 2.78. The Kier molecular flexibility index (Phi) is 5.56. The smallest absolute Gasteiger partial charge is 0.248 e. The van der Waals surface area contributed by atoms with Gasteiger partial charge in [-0.1, -0.05) is 20.8 Å². The fourth-order valence-electron chi connectivity index (χ4n) is 2.44. The normalized spacial score (nSPS) is 19.1. The van der Waals surface area contributed by atoms with Crippen LogP contribution in [-0.2, 0) is 19.4 Å². The molecule has 0 radical (unpaired) electrons. The predicted octanol–water partition coefficient (Wildman–Crippen LogP) is 0.328. The lowest BCUT2D eigenvalue weighted by Crippen LogP contribution is -2.66. The van der Waals surface area contributed by atoms with Crippen molar-refractivity contribution >= 4 is 21.7 Å². The van der Waals surface area contributed by atoms with Crippen molar-refractivity contribution in [1.29, 1.82) is 0 Å². The maximum Gasteiger partial charge on any atom is 0.248 e. The molecular formula is C13H24N2O4S. The summed E-state index contributed by atoms with van der Waals surface area (Å²) in [6.45, 7) is 5.67. The molecule has 0 atom stereocenters. The molecule has 1 saturated heterocycles. The van der Waals surface area contributed by atoms with Crippen LogP contribution >= 0.6 is 0 Å². The minimum Gasteiger partial charge on any atom is -0.340 e. The predicted molar refractivity (Wildman–Crippen MR) is 77.0 cm³/mol. The van der Waals surface area contributed by atoms with Gasteiger partial charge < -0.3 is 10.2 Å². The van der Waals surface area contributed by atoms with Gasteiger partial charge in [0.15, 0.2) is 0 Å². The van der Waals surface area contributed by atoms with E-state index in [0.717, 1.165) is 0 Å². The van der Waals surface area contributed by atoms with Crippen molar-refractivity contribution in [2.45, 2.75) is 45.6 Å². The van der Waals surface area contributed by atoms with E-state index in [2.05, 4.69) is 5.32 Å². The summed E-state index contributed by atoms with van der Waals surface area (Å²) in [6, 6.07) is 0. The Balaban J connectivity index is 2.70. The SMILES string of the molecule is CCC1(CC)NC(=O)CN(CCCS(=O)(=O)CC)C1=O. The van der Waals surface area contributed by atoms with Gasteiger partial charge in [0, 0.05) is 12.3 Å². The Hall–Kier alpha value is -1.11. The summed E-state index contributed by atoms with van der Waals surface area (Å²) in [5.41, 5.74) is -0.820. The molecule has 0 aliphatic carbocycles. The van der Waals surface area contributed by atoms with Crippen molar-refractivity contribution < 1.29 is 18.0 Å². The average molecular weight is 304 g/mol. The summed E-state index contributed by atoms with van der Waals surface area (Å²) in [5.74, 6) is -0.113. The number of amides is 2. The largest absolute Gasteiger partial charge is 0.340 e. The first-order chi connectivity index (χ1) is 9.30. The fraction of sp³-hybridized carbons (Fsp3) is 0.846. The van der Waals surface area contributed by atoms with Crippen LogP contribution in [0.25, 0.3) is 0 Å². The van der Waals surface area contributed by atoms with Gasteiger partial charge >= 0.3 is 0 Å².